The van der Waals surface area contributed by atoms with Gasteiger partial charge in [0, 0.05) is 5.92 Å². The van der Waals surface area contributed by atoms with Crippen LogP contribution in [0.15, 0.2) is 4.52 Å². The van der Waals surface area contributed by atoms with Crippen molar-refractivity contribution in [2.45, 2.75) is 57.5 Å². The SMILES string of the molecule is CCOC(=O)C1CCCCN1Cc1noc(C2CC2)n1. The van der Waals surface area contributed by atoms with Crippen molar-refractivity contribution in [3.8, 4) is 0 Å². The second kappa shape index (κ2) is 5.91. The van der Waals surface area contributed by atoms with Crippen LogP contribution in [0.1, 0.15) is 56.7 Å². The van der Waals surface area contributed by atoms with Crippen LogP contribution in [-0.4, -0.2) is 40.2 Å². The Kier molecular flexibility index (Phi) is 4.00. The van der Waals surface area contributed by atoms with Crippen LogP contribution in [-0.2, 0) is 16.1 Å². The van der Waals surface area contributed by atoms with Crippen LogP contribution in [0, 0.1) is 0 Å². The monoisotopic (exact) mass is 279 g/mol. The van der Waals surface area contributed by atoms with E-state index in [0.717, 1.165) is 44.5 Å². The Balaban J connectivity index is 1.64. The van der Waals surface area contributed by atoms with Gasteiger partial charge in [0.05, 0.1) is 13.2 Å². The van der Waals surface area contributed by atoms with Crippen molar-refractivity contribution in [2.75, 3.05) is 13.2 Å². The first kappa shape index (κ1) is 13.5. The molecule has 1 aliphatic heterocycles. The molecule has 0 N–H and O–H groups in total. The molecule has 1 unspecified atom stereocenters. The number of carbonyl (C=O) groups is 1. The molecule has 0 spiro atoms. The fourth-order valence-corrected chi connectivity index (χ4v) is 2.70. The van der Waals surface area contributed by atoms with Gasteiger partial charge in [0.15, 0.2) is 5.82 Å². The highest BCUT2D eigenvalue weighted by Crippen LogP contribution is 2.38. The number of piperidine rings is 1. The van der Waals surface area contributed by atoms with Crippen molar-refractivity contribution < 1.29 is 14.1 Å². The third-order valence-electron chi connectivity index (χ3n) is 3.93. The zero-order valence-corrected chi connectivity index (χ0v) is 11.9. The van der Waals surface area contributed by atoms with Gasteiger partial charge in [0.1, 0.15) is 6.04 Å². The molecule has 1 aliphatic carbocycles. The van der Waals surface area contributed by atoms with Crippen molar-refractivity contribution in [1.29, 1.82) is 0 Å². The Hall–Kier alpha value is -1.43. The molecule has 2 aliphatic rings. The molecule has 1 saturated heterocycles. The quantitative estimate of drug-likeness (QED) is 0.766. The van der Waals surface area contributed by atoms with Gasteiger partial charge < -0.3 is 9.26 Å². The van der Waals surface area contributed by atoms with Gasteiger partial charge in [-0.3, -0.25) is 9.69 Å². The third kappa shape index (κ3) is 3.00. The molecule has 2 heterocycles. The number of hydrogen-bond donors (Lipinski definition) is 0. The fraction of sp³-hybridized carbons (Fsp3) is 0.786. The molecule has 110 valence electrons. The van der Waals surface area contributed by atoms with Gasteiger partial charge in [-0.2, -0.15) is 4.98 Å². The normalized spacial score (nSPS) is 23.8. The molecule has 20 heavy (non-hydrogen) atoms. The summed E-state index contributed by atoms with van der Waals surface area (Å²) in [4.78, 5) is 18.5. The van der Waals surface area contributed by atoms with Crippen LogP contribution >= 0.6 is 0 Å². The number of likely N-dealkylation sites (tertiary alicyclic amines) is 1. The van der Waals surface area contributed by atoms with Crippen LogP contribution < -0.4 is 0 Å². The highest BCUT2D eigenvalue weighted by molar-refractivity contribution is 5.75. The van der Waals surface area contributed by atoms with E-state index in [1.165, 1.54) is 0 Å². The lowest BCUT2D eigenvalue weighted by Crippen LogP contribution is -2.45. The number of carbonyl (C=O) groups excluding carboxylic acids is 1. The Morgan fingerprint density at radius 2 is 2.25 bits per heavy atom. The molecule has 0 aromatic carbocycles. The number of ether oxygens (including phenoxy) is 1. The van der Waals surface area contributed by atoms with Crippen LogP contribution in [0.4, 0.5) is 0 Å². The summed E-state index contributed by atoms with van der Waals surface area (Å²) in [5.41, 5.74) is 0. The predicted molar refractivity (Wildman–Crippen MR) is 71.0 cm³/mol. The van der Waals surface area contributed by atoms with E-state index in [1.807, 2.05) is 6.92 Å². The molecule has 0 radical (unpaired) electrons. The summed E-state index contributed by atoms with van der Waals surface area (Å²) < 4.78 is 10.4. The molecule has 2 fully saturated rings. The number of esters is 1. The zero-order valence-electron chi connectivity index (χ0n) is 11.9. The summed E-state index contributed by atoms with van der Waals surface area (Å²) in [6.45, 7) is 3.72. The summed E-state index contributed by atoms with van der Waals surface area (Å²) >= 11 is 0. The minimum atomic E-state index is -0.161. The van der Waals surface area contributed by atoms with Crippen molar-refractivity contribution in [2.24, 2.45) is 0 Å². The van der Waals surface area contributed by atoms with Gasteiger partial charge in [-0.05, 0) is 39.2 Å². The summed E-state index contributed by atoms with van der Waals surface area (Å²) in [5, 5.41) is 4.03. The minimum Gasteiger partial charge on any atom is -0.465 e. The van der Waals surface area contributed by atoms with E-state index in [1.54, 1.807) is 0 Å². The van der Waals surface area contributed by atoms with E-state index < -0.39 is 0 Å². The lowest BCUT2D eigenvalue weighted by molar-refractivity contribution is -0.151. The molecule has 6 heteroatoms. The summed E-state index contributed by atoms with van der Waals surface area (Å²) in [6, 6.07) is -0.161. The van der Waals surface area contributed by atoms with E-state index in [0.29, 0.717) is 24.9 Å². The minimum absolute atomic E-state index is 0.127. The zero-order chi connectivity index (χ0) is 13.9. The molecule has 1 saturated carbocycles. The predicted octanol–water partition coefficient (Wildman–Crippen LogP) is 1.86. The Labute approximate surface area is 118 Å². The van der Waals surface area contributed by atoms with Crippen LogP contribution in [0.3, 0.4) is 0 Å². The Morgan fingerprint density at radius 1 is 1.40 bits per heavy atom. The van der Waals surface area contributed by atoms with Gasteiger partial charge in [-0.1, -0.05) is 11.6 Å². The molecular weight excluding hydrogens is 258 g/mol. The van der Waals surface area contributed by atoms with Gasteiger partial charge in [-0.15, -0.1) is 0 Å². The van der Waals surface area contributed by atoms with Gasteiger partial charge in [0.2, 0.25) is 5.89 Å². The van der Waals surface area contributed by atoms with Gasteiger partial charge in [-0.25, -0.2) is 0 Å². The van der Waals surface area contributed by atoms with Crippen LogP contribution in [0.5, 0.6) is 0 Å². The molecule has 3 rings (SSSR count). The van der Waals surface area contributed by atoms with Gasteiger partial charge in [0.25, 0.3) is 0 Å². The maximum absolute atomic E-state index is 12.0. The maximum atomic E-state index is 12.0. The first-order valence-electron chi connectivity index (χ1n) is 7.51. The highest BCUT2D eigenvalue weighted by Gasteiger charge is 2.32. The number of nitrogens with zero attached hydrogens (tertiary/aromatic N) is 3. The first-order valence-corrected chi connectivity index (χ1v) is 7.51. The van der Waals surface area contributed by atoms with Gasteiger partial charge >= 0.3 is 5.97 Å². The topological polar surface area (TPSA) is 68.5 Å². The molecular formula is C14H21N3O3. The van der Waals surface area contributed by atoms with Crippen molar-refractivity contribution in [3.63, 3.8) is 0 Å². The molecule has 0 amide bonds. The third-order valence-corrected chi connectivity index (χ3v) is 3.93. The highest BCUT2D eigenvalue weighted by atomic mass is 16.5. The standard InChI is InChI=1S/C14H21N3O3/c1-2-19-14(18)11-5-3-4-8-17(11)9-12-15-13(20-16-12)10-6-7-10/h10-11H,2-9H2,1H3. The number of rotatable bonds is 5. The van der Waals surface area contributed by atoms with Crippen LogP contribution in [0.2, 0.25) is 0 Å². The van der Waals surface area contributed by atoms with E-state index in [9.17, 15) is 4.79 Å². The molecule has 1 aromatic rings. The second-order valence-electron chi connectivity index (χ2n) is 5.56. The smallest absolute Gasteiger partial charge is 0.323 e. The molecule has 1 aromatic heterocycles. The van der Waals surface area contributed by atoms with Crippen molar-refractivity contribution in [1.82, 2.24) is 15.0 Å². The fourth-order valence-electron chi connectivity index (χ4n) is 2.70. The average Bonchev–Trinajstić information content (AvgIpc) is 3.20. The summed E-state index contributed by atoms with van der Waals surface area (Å²) in [7, 11) is 0. The van der Waals surface area contributed by atoms with E-state index in [4.69, 9.17) is 9.26 Å². The lowest BCUT2D eigenvalue weighted by Gasteiger charge is -2.32. The average molecular weight is 279 g/mol. The largest absolute Gasteiger partial charge is 0.465 e. The second-order valence-corrected chi connectivity index (χ2v) is 5.56. The number of aromatic nitrogens is 2. The Morgan fingerprint density at radius 3 is 3.00 bits per heavy atom. The maximum Gasteiger partial charge on any atom is 0.323 e. The number of hydrogen-bond acceptors (Lipinski definition) is 6. The lowest BCUT2D eigenvalue weighted by atomic mass is 10.0. The first-order chi connectivity index (χ1) is 9.78. The van der Waals surface area contributed by atoms with E-state index in [-0.39, 0.29) is 12.0 Å². The molecule has 0 bridgehead atoms. The Bertz CT molecular complexity index is 470. The molecule has 6 nitrogen and oxygen atoms in total. The van der Waals surface area contributed by atoms with Crippen molar-refractivity contribution >= 4 is 5.97 Å². The summed E-state index contributed by atoms with van der Waals surface area (Å²) in [6.07, 6.45) is 5.32. The van der Waals surface area contributed by atoms with Crippen molar-refractivity contribution in [3.05, 3.63) is 11.7 Å². The van der Waals surface area contributed by atoms with Crippen LogP contribution in [0.25, 0.3) is 0 Å². The molecule has 1 atom stereocenters. The summed E-state index contributed by atoms with van der Waals surface area (Å²) in [5.74, 6) is 1.78. The van der Waals surface area contributed by atoms with E-state index in [2.05, 4.69) is 15.0 Å². The van der Waals surface area contributed by atoms with E-state index >= 15 is 0 Å².